The summed E-state index contributed by atoms with van der Waals surface area (Å²) in [7, 11) is 1.72. The predicted molar refractivity (Wildman–Crippen MR) is 88.8 cm³/mol. The molecule has 0 aliphatic carbocycles. The summed E-state index contributed by atoms with van der Waals surface area (Å²) in [5.41, 5.74) is 1.66. The summed E-state index contributed by atoms with van der Waals surface area (Å²) in [5, 5.41) is 3.17. The first kappa shape index (κ1) is 17.2. The highest BCUT2D eigenvalue weighted by molar-refractivity contribution is 6.31. The van der Waals surface area contributed by atoms with E-state index in [1.165, 1.54) is 12.1 Å². The number of urea groups is 1. The van der Waals surface area contributed by atoms with Crippen LogP contribution in [-0.2, 0) is 0 Å². The number of nitrogens with zero attached hydrogens (tertiary/aromatic N) is 2. The van der Waals surface area contributed by atoms with Crippen LogP contribution in [-0.4, -0.2) is 23.0 Å². The molecule has 2 rings (SSSR count). The number of nitrogens with one attached hydrogen (secondary N) is 1. The third-order valence-electron chi connectivity index (χ3n) is 3.86. The van der Waals surface area contributed by atoms with Crippen molar-refractivity contribution in [3.63, 3.8) is 0 Å². The molecule has 0 saturated heterocycles. The highest BCUT2D eigenvalue weighted by atomic mass is 35.5. The van der Waals surface area contributed by atoms with Crippen LogP contribution in [0.5, 0.6) is 0 Å². The number of rotatable bonds is 4. The van der Waals surface area contributed by atoms with Crippen LogP contribution in [0, 0.1) is 5.82 Å². The van der Waals surface area contributed by atoms with Crippen molar-refractivity contribution in [3.05, 3.63) is 64.7 Å². The van der Waals surface area contributed by atoms with Gasteiger partial charge in [0.25, 0.3) is 0 Å². The van der Waals surface area contributed by atoms with Gasteiger partial charge < -0.3 is 10.2 Å². The van der Waals surface area contributed by atoms with Crippen LogP contribution in [0.3, 0.4) is 0 Å². The van der Waals surface area contributed by atoms with Gasteiger partial charge in [-0.05, 0) is 49.2 Å². The number of pyridine rings is 1. The van der Waals surface area contributed by atoms with Gasteiger partial charge in [0, 0.05) is 24.5 Å². The molecule has 4 nitrogen and oxygen atoms in total. The van der Waals surface area contributed by atoms with Gasteiger partial charge in [-0.2, -0.15) is 0 Å². The maximum Gasteiger partial charge on any atom is 0.318 e. The molecule has 0 radical (unpaired) electrons. The third kappa shape index (κ3) is 4.20. The molecule has 122 valence electrons. The van der Waals surface area contributed by atoms with E-state index in [0.717, 1.165) is 5.56 Å². The van der Waals surface area contributed by atoms with E-state index in [4.69, 9.17) is 11.6 Å². The molecule has 2 unspecified atom stereocenters. The first-order chi connectivity index (χ1) is 10.9. The average Bonchev–Trinajstić information content (AvgIpc) is 2.54. The van der Waals surface area contributed by atoms with Gasteiger partial charge in [0.2, 0.25) is 0 Å². The van der Waals surface area contributed by atoms with E-state index in [9.17, 15) is 9.18 Å². The second-order valence-electron chi connectivity index (χ2n) is 5.40. The molecule has 0 bridgehead atoms. The van der Waals surface area contributed by atoms with Gasteiger partial charge in [0.05, 0.1) is 12.1 Å². The SMILES string of the molecule is CC(NC(=O)N(C)C(C)c1ccncc1)c1ccc(F)cc1Cl. The largest absolute Gasteiger partial charge is 0.331 e. The Kier molecular flexibility index (Phi) is 5.55. The summed E-state index contributed by atoms with van der Waals surface area (Å²) >= 11 is 6.03. The summed E-state index contributed by atoms with van der Waals surface area (Å²) in [6, 6.07) is 7.22. The Bertz CT molecular complexity index is 681. The van der Waals surface area contributed by atoms with Crippen molar-refractivity contribution in [1.82, 2.24) is 15.2 Å². The van der Waals surface area contributed by atoms with Crippen molar-refractivity contribution in [2.75, 3.05) is 7.05 Å². The fourth-order valence-electron chi connectivity index (χ4n) is 2.26. The van der Waals surface area contributed by atoms with Crippen LogP contribution >= 0.6 is 11.6 Å². The predicted octanol–water partition coefficient (Wildman–Crippen LogP) is 4.34. The highest BCUT2D eigenvalue weighted by Gasteiger charge is 2.20. The Hall–Kier alpha value is -2.14. The van der Waals surface area contributed by atoms with Gasteiger partial charge in [-0.15, -0.1) is 0 Å². The van der Waals surface area contributed by atoms with Crippen molar-refractivity contribution in [3.8, 4) is 0 Å². The lowest BCUT2D eigenvalue weighted by Gasteiger charge is -2.27. The smallest absolute Gasteiger partial charge is 0.318 e. The number of carbonyl (C=O) groups is 1. The van der Waals surface area contributed by atoms with Crippen molar-refractivity contribution in [2.45, 2.75) is 25.9 Å². The number of benzene rings is 1. The number of amides is 2. The summed E-state index contributed by atoms with van der Waals surface area (Å²) in [5.74, 6) is -0.402. The monoisotopic (exact) mass is 335 g/mol. The first-order valence-electron chi connectivity index (χ1n) is 7.28. The molecule has 1 aromatic heterocycles. The maximum atomic E-state index is 13.1. The molecule has 0 aliphatic heterocycles. The van der Waals surface area contributed by atoms with Crippen LogP contribution in [0.1, 0.15) is 37.1 Å². The summed E-state index contributed by atoms with van der Waals surface area (Å²) in [6.45, 7) is 3.74. The number of halogens is 2. The van der Waals surface area contributed by atoms with Crippen molar-refractivity contribution < 1.29 is 9.18 Å². The number of aromatic nitrogens is 1. The minimum absolute atomic E-state index is 0.103. The molecule has 2 aromatic rings. The third-order valence-corrected chi connectivity index (χ3v) is 4.19. The number of hydrogen-bond acceptors (Lipinski definition) is 2. The molecule has 0 saturated carbocycles. The Morgan fingerprint density at radius 3 is 2.52 bits per heavy atom. The molecule has 23 heavy (non-hydrogen) atoms. The minimum Gasteiger partial charge on any atom is -0.331 e. The van der Waals surface area contributed by atoms with Gasteiger partial charge >= 0.3 is 6.03 Å². The van der Waals surface area contributed by atoms with Gasteiger partial charge in [0.15, 0.2) is 0 Å². The van der Waals surface area contributed by atoms with Gasteiger partial charge in [-0.1, -0.05) is 17.7 Å². The lowest BCUT2D eigenvalue weighted by Crippen LogP contribution is -2.40. The molecule has 0 fully saturated rings. The van der Waals surface area contributed by atoms with Crippen LogP contribution in [0.4, 0.5) is 9.18 Å². The fraction of sp³-hybridized carbons (Fsp3) is 0.294. The topological polar surface area (TPSA) is 45.2 Å². The van der Waals surface area contributed by atoms with E-state index in [2.05, 4.69) is 10.3 Å². The number of carbonyl (C=O) groups excluding carboxylic acids is 1. The Balaban J connectivity index is 2.05. The molecule has 1 heterocycles. The summed E-state index contributed by atoms with van der Waals surface area (Å²) in [4.78, 5) is 18.0. The Morgan fingerprint density at radius 2 is 1.91 bits per heavy atom. The molecule has 6 heteroatoms. The quantitative estimate of drug-likeness (QED) is 0.903. The Morgan fingerprint density at radius 1 is 1.26 bits per heavy atom. The molecule has 0 aliphatic rings. The zero-order valence-corrected chi connectivity index (χ0v) is 14.0. The first-order valence-corrected chi connectivity index (χ1v) is 7.66. The van der Waals surface area contributed by atoms with Crippen LogP contribution < -0.4 is 5.32 Å². The molecular formula is C17H19ClFN3O. The minimum atomic E-state index is -0.402. The van der Waals surface area contributed by atoms with Crippen molar-refractivity contribution in [1.29, 1.82) is 0 Å². The number of hydrogen-bond donors (Lipinski definition) is 1. The second-order valence-corrected chi connectivity index (χ2v) is 5.81. The molecule has 1 N–H and O–H groups in total. The lowest BCUT2D eigenvalue weighted by molar-refractivity contribution is 0.191. The maximum absolute atomic E-state index is 13.1. The van der Waals surface area contributed by atoms with E-state index < -0.39 is 5.82 Å². The van der Waals surface area contributed by atoms with Gasteiger partial charge in [-0.25, -0.2) is 9.18 Å². The summed E-state index contributed by atoms with van der Waals surface area (Å²) in [6.07, 6.45) is 3.39. The second kappa shape index (κ2) is 7.42. The molecular weight excluding hydrogens is 317 g/mol. The zero-order chi connectivity index (χ0) is 17.0. The molecule has 1 aromatic carbocycles. The van der Waals surface area contributed by atoms with E-state index in [0.29, 0.717) is 10.6 Å². The molecule has 2 atom stereocenters. The van der Waals surface area contributed by atoms with Crippen LogP contribution in [0.2, 0.25) is 5.02 Å². The van der Waals surface area contributed by atoms with Crippen LogP contribution in [0.15, 0.2) is 42.7 Å². The highest BCUT2D eigenvalue weighted by Crippen LogP contribution is 2.24. The average molecular weight is 336 g/mol. The fourth-order valence-corrected chi connectivity index (χ4v) is 2.59. The van der Waals surface area contributed by atoms with Gasteiger partial charge in [-0.3, -0.25) is 4.98 Å². The Labute approximate surface area is 140 Å². The van der Waals surface area contributed by atoms with E-state index in [1.54, 1.807) is 30.4 Å². The van der Waals surface area contributed by atoms with Crippen molar-refractivity contribution >= 4 is 17.6 Å². The van der Waals surface area contributed by atoms with E-state index in [-0.39, 0.29) is 18.1 Å². The zero-order valence-electron chi connectivity index (χ0n) is 13.3. The van der Waals surface area contributed by atoms with Crippen molar-refractivity contribution in [2.24, 2.45) is 0 Å². The van der Waals surface area contributed by atoms with Gasteiger partial charge in [0.1, 0.15) is 5.82 Å². The molecule has 2 amide bonds. The van der Waals surface area contributed by atoms with E-state index in [1.807, 2.05) is 26.0 Å². The summed E-state index contributed by atoms with van der Waals surface area (Å²) < 4.78 is 13.1. The lowest BCUT2D eigenvalue weighted by atomic mass is 10.1. The molecule has 0 spiro atoms. The van der Waals surface area contributed by atoms with Crippen LogP contribution in [0.25, 0.3) is 0 Å². The normalized spacial score (nSPS) is 13.3. The standard InChI is InChI=1S/C17H19ClFN3O/c1-11(15-5-4-14(19)10-16(15)18)21-17(23)22(3)12(2)13-6-8-20-9-7-13/h4-12H,1-3H3,(H,21,23). The van der Waals surface area contributed by atoms with E-state index >= 15 is 0 Å².